The van der Waals surface area contributed by atoms with Crippen LogP contribution in [0.4, 0.5) is 13.2 Å². The minimum absolute atomic E-state index is 0.00783. The van der Waals surface area contributed by atoms with Gasteiger partial charge in [0.25, 0.3) is 0 Å². The fourth-order valence-electron chi connectivity index (χ4n) is 2.81. The zero-order valence-electron chi connectivity index (χ0n) is 14.0. The summed E-state index contributed by atoms with van der Waals surface area (Å²) >= 11 is 1.11. The van der Waals surface area contributed by atoms with E-state index in [0.29, 0.717) is 5.17 Å². The van der Waals surface area contributed by atoms with Crippen LogP contribution in [0.25, 0.3) is 0 Å². The van der Waals surface area contributed by atoms with Gasteiger partial charge >= 0.3 is 6.18 Å². The molecule has 2 aliphatic heterocycles. The number of aliphatic imine (C=N–C) groups is 1. The maximum absolute atomic E-state index is 13.6. The van der Waals surface area contributed by atoms with Crippen LogP contribution in [-0.4, -0.2) is 76.4 Å². The zero-order chi connectivity index (χ0) is 19.1. The molecule has 0 aliphatic carbocycles. The molecule has 0 bridgehead atoms. The summed E-state index contributed by atoms with van der Waals surface area (Å²) in [7, 11) is 3.45. The molecule has 6 atom stereocenters. The lowest BCUT2D eigenvalue weighted by molar-refractivity contribution is -0.263. The summed E-state index contributed by atoms with van der Waals surface area (Å²) in [4.78, 5) is 5.90. The lowest BCUT2D eigenvalue weighted by Gasteiger charge is -2.41. The maximum atomic E-state index is 13.6. The smallest absolute Gasteiger partial charge is 0.428 e. The number of amidine groups is 1. The van der Waals surface area contributed by atoms with E-state index in [1.165, 1.54) is 24.3 Å². The van der Waals surface area contributed by atoms with Gasteiger partial charge < -0.3 is 24.6 Å². The van der Waals surface area contributed by atoms with E-state index in [9.17, 15) is 23.4 Å². The van der Waals surface area contributed by atoms with Gasteiger partial charge in [-0.2, -0.15) is 13.2 Å². The maximum Gasteiger partial charge on any atom is 0.428 e. The molecule has 0 aromatic heterocycles. The largest absolute Gasteiger partial charge is 0.478 e. The molecule has 1 aromatic rings. The first-order chi connectivity index (χ1) is 12.2. The van der Waals surface area contributed by atoms with Gasteiger partial charge in [0.15, 0.2) is 5.17 Å². The number of aliphatic hydroxyl groups excluding tert-OH is 2. The summed E-state index contributed by atoms with van der Waals surface area (Å²) in [5.74, 6) is -0.00783. The molecule has 26 heavy (non-hydrogen) atoms. The SMILES string of the molecule is CN(C)C1=N[C@@H]2[C@@H](O)[C@H](O)[C@@H](C(Oc3ccccc3)C(F)(F)F)O[C@@H]2S1. The number of aliphatic hydroxyl groups is 2. The summed E-state index contributed by atoms with van der Waals surface area (Å²) in [6, 6.07) is 6.64. The van der Waals surface area contributed by atoms with Crippen LogP contribution in [0, 0.1) is 0 Å². The minimum Gasteiger partial charge on any atom is -0.478 e. The molecule has 144 valence electrons. The number of hydrogen-bond acceptors (Lipinski definition) is 7. The first kappa shape index (κ1) is 19.3. The van der Waals surface area contributed by atoms with Crippen molar-refractivity contribution in [2.75, 3.05) is 14.1 Å². The third kappa shape index (κ3) is 3.78. The van der Waals surface area contributed by atoms with E-state index in [2.05, 4.69) is 4.99 Å². The first-order valence-corrected chi connectivity index (χ1v) is 8.78. The molecule has 1 fully saturated rings. The molecule has 2 N–H and O–H groups in total. The van der Waals surface area contributed by atoms with Crippen molar-refractivity contribution in [2.24, 2.45) is 4.99 Å². The predicted molar refractivity (Wildman–Crippen MR) is 90.1 cm³/mol. The van der Waals surface area contributed by atoms with E-state index in [-0.39, 0.29) is 5.75 Å². The van der Waals surface area contributed by atoms with Crippen LogP contribution >= 0.6 is 11.8 Å². The third-order valence-electron chi connectivity index (χ3n) is 4.10. The van der Waals surface area contributed by atoms with Crippen LogP contribution in [0.2, 0.25) is 0 Å². The van der Waals surface area contributed by atoms with Gasteiger partial charge in [0.2, 0.25) is 6.10 Å². The fraction of sp³-hybridized carbons (Fsp3) is 0.562. The van der Waals surface area contributed by atoms with Crippen molar-refractivity contribution in [1.29, 1.82) is 0 Å². The summed E-state index contributed by atoms with van der Waals surface area (Å²) in [5, 5.41) is 21.1. The minimum atomic E-state index is -4.80. The third-order valence-corrected chi connectivity index (χ3v) is 5.40. The molecule has 0 spiro atoms. The topological polar surface area (TPSA) is 74.5 Å². The first-order valence-electron chi connectivity index (χ1n) is 7.90. The molecule has 1 unspecified atom stereocenters. The lowest BCUT2D eigenvalue weighted by Crippen LogP contribution is -2.62. The Balaban J connectivity index is 1.84. The number of nitrogens with zero attached hydrogens (tertiary/aromatic N) is 2. The van der Waals surface area contributed by atoms with E-state index in [1.54, 1.807) is 25.1 Å². The van der Waals surface area contributed by atoms with Gasteiger partial charge in [-0.05, 0) is 12.1 Å². The summed E-state index contributed by atoms with van der Waals surface area (Å²) in [6.45, 7) is 0. The van der Waals surface area contributed by atoms with Crippen LogP contribution in [0.15, 0.2) is 35.3 Å². The Morgan fingerprint density at radius 1 is 1.19 bits per heavy atom. The van der Waals surface area contributed by atoms with E-state index in [1.807, 2.05) is 0 Å². The average molecular weight is 392 g/mol. The van der Waals surface area contributed by atoms with E-state index in [0.717, 1.165) is 11.8 Å². The number of alkyl halides is 3. The number of para-hydroxylation sites is 1. The van der Waals surface area contributed by atoms with Gasteiger partial charge in [-0.25, -0.2) is 0 Å². The number of rotatable bonds is 3. The van der Waals surface area contributed by atoms with Gasteiger partial charge in [0, 0.05) is 14.1 Å². The van der Waals surface area contributed by atoms with Crippen LogP contribution in [0.1, 0.15) is 0 Å². The normalized spacial score (nSPS) is 32.6. The zero-order valence-corrected chi connectivity index (χ0v) is 14.8. The van der Waals surface area contributed by atoms with Crippen molar-refractivity contribution in [3.8, 4) is 5.75 Å². The lowest BCUT2D eigenvalue weighted by atomic mass is 9.94. The highest BCUT2D eigenvalue weighted by molar-refractivity contribution is 8.14. The van der Waals surface area contributed by atoms with Crippen molar-refractivity contribution in [2.45, 2.75) is 42.1 Å². The Labute approximate surface area is 152 Å². The van der Waals surface area contributed by atoms with Crippen LogP contribution in [0.3, 0.4) is 0 Å². The van der Waals surface area contributed by atoms with E-state index >= 15 is 0 Å². The Hall–Kier alpha value is -1.49. The monoisotopic (exact) mass is 392 g/mol. The van der Waals surface area contributed by atoms with Gasteiger partial charge in [-0.1, -0.05) is 30.0 Å². The summed E-state index contributed by atoms with van der Waals surface area (Å²) < 4.78 is 51.4. The van der Waals surface area contributed by atoms with Crippen molar-refractivity contribution >= 4 is 16.9 Å². The van der Waals surface area contributed by atoms with Gasteiger partial charge in [-0.3, -0.25) is 4.99 Å². The molecular formula is C16H19F3N2O4S. The molecule has 1 saturated heterocycles. The van der Waals surface area contributed by atoms with Crippen molar-refractivity contribution in [3.63, 3.8) is 0 Å². The number of halogens is 3. The summed E-state index contributed by atoms with van der Waals surface area (Å²) in [6.07, 6.45) is -12.3. The Morgan fingerprint density at radius 3 is 2.42 bits per heavy atom. The Kier molecular flexibility index (Phi) is 5.38. The van der Waals surface area contributed by atoms with E-state index < -0.39 is 42.1 Å². The number of benzene rings is 1. The quantitative estimate of drug-likeness (QED) is 0.812. The molecule has 0 saturated carbocycles. The second-order valence-corrected chi connectivity index (χ2v) is 7.32. The summed E-state index contributed by atoms with van der Waals surface area (Å²) in [5.41, 5.74) is -0.833. The fourth-order valence-corrected chi connectivity index (χ4v) is 3.95. The highest BCUT2D eigenvalue weighted by atomic mass is 32.2. The van der Waals surface area contributed by atoms with Gasteiger partial charge in [-0.15, -0.1) is 0 Å². The van der Waals surface area contributed by atoms with E-state index in [4.69, 9.17) is 9.47 Å². The number of ether oxygens (including phenoxy) is 2. The second-order valence-electron chi connectivity index (χ2n) is 6.26. The van der Waals surface area contributed by atoms with Crippen LogP contribution in [0.5, 0.6) is 5.75 Å². The van der Waals surface area contributed by atoms with Crippen molar-refractivity contribution in [1.82, 2.24) is 4.90 Å². The molecule has 0 amide bonds. The predicted octanol–water partition coefficient (Wildman–Crippen LogP) is 1.48. The highest BCUT2D eigenvalue weighted by Gasteiger charge is 2.57. The number of thioether (sulfide) groups is 1. The van der Waals surface area contributed by atoms with Crippen molar-refractivity contribution < 1.29 is 32.9 Å². The Bertz CT molecular complexity index is 659. The molecule has 2 heterocycles. The average Bonchev–Trinajstić information content (AvgIpc) is 3.01. The number of hydrogen-bond donors (Lipinski definition) is 2. The van der Waals surface area contributed by atoms with Crippen LogP contribution < -0.4 is 4.74 Å². The van der Waals surface area contributed by atoms with Crippen LogP contribution in [-0.2, 0) is 4.74 Å². The second kappa shape index (κ2) is 7.26. The molecule has 10 heteroatoms. The molecule has 6 nitrogen and oxygen atoms in total. The van der Waals surface area contributed by atoms with Gasteiger partial charge in [0.1, 0.15) is 35.5 Å². The van der Waals surface area contributed by atoms with Gasteiger partial charge in [0.05, 0.1) is 0 Å². The molecule has 0 radical (unpaired) electrons. The molecule has 1 aromatic carbocycles. The highest BCUT2D eigenvalue weighted by Crippen LogP contribution is 2.41. The number of fused-ring (bicyclic) bond motifs is 1. The van der Waals surface area contributed by atoms with Crippen molar-refractivity contribution in [3.05, 3.63) is 30.3 Å². The standard InChI is InChI=1S/C16H19F3N2O4S/c1-21(2)15-20-9-10(22)11(23)12(25-14(9)26-15)13(16(17,18)19)24-8-6-4-3-5-7-8/h3-7,9-14,22-23H,1-2H3/t9-,10-,11+,12+,13?,14-/m1/s1. The molecule has 2 aliphatic rings. The Morgan fingerprint density at radius 2 is 1.85 bits per heavy atom. The molecular weight excluding hydrogens is 373 g/mol. The molecule has 3 rings (SSSR count).